The fourth-order valence-electron chi connectivity index (χ4n) is 3.44. The zero-order valence-corrected chi connectivity index (χ0v) is 14.9. The highest BCUT2D eigenvalue weighted by Crippen LogP contribution is 2.52. The molecule has 2 aromatic carbocycles. The molecule has 1 aliphatic rings. The van der Waals surface area contributed by atoms with Crippen LogP contribution in [0.3, 0.4) is 0 Å². The molecule has 1 atom stereocenters. The van der Waals surface area contributed by atoms with Gasteiger partial charge < -0.3 is 19.5 Å². The molecule has 0 saturated heterocycles. The van der Waals surface area contributed by atoms with Crippen molar-refractivity contribution in [2.45, 2.75) is 18.5 Å². The number of alkyl halides is 3. The van der Waals surface area contributed by atoms with Crippen LogP contribution in [0.5, 0.6) is 17.2 Å². The van der Waals surface area contributed by atoms with Crippen LogP contribution in [0, 0.1) is 0 Å². The van der Waals surface area contributed by atoms with E-state index in [1.54, 1.807) is 0 Å². The van der Waals surface area contributed by atoms with Crippen molar-refractivity contribution in [3.63, 3.8) is 0 Å². The number of hydrogen-bond acceptors (Lipinski definition) is 4. The molecular weight excluding hydrogens is 363 g/mol. The van der Waals surface area contributed by atoms with Crippen molar-refractivity contribution in [1.29, 1.82) is 0 Å². The minimum Gasteiger partial charge on any atom is -0.493 e. The normalized spacial score (nSPS) is 16.4. The lowest BCUT2D eigenvalue weighted by Gasteiger charge is -2.30. The largest absolute Gasteiger partial charge is 0.493 e. The fraction of sp³-hybridized carbons (Fsp3) is 0.316. The van der Waals surface area contributed by atoms with Gasteiger partial charge in [-0.3, -0.25) is 4.79 Å². The third-order valence-electron chi connectivity index (χ3n) is 4.52. The Labute approximate surface area is 154 Å². The van der Waals surface area contributed by atoms with Crippen LogP contribution >= 0.6 is 0 Å². The van der Waals surface area contributed by atoms with Gasteiger partial charge in [0.15, 0.2) is 11.5 Å². The topological polar surface area (TPSA) is 56.8 Å². The summed E-state index contributed by atoms with van der Waals surface area (Å²) in [4.78, 5) is 12.2. The van der Waals surface area contributed by atoms with Gasteiger partial charge in [0.1, 0.15) is 0 Å². The number of fused-ring (bicyclic) bond motifs is 1. The van der Waals surface area contributed by atoms with Gasteiger partial charge in [-0.1, -0.05) is 18.2 Å². The van der Waals surface area contributed by atoms with E-state index in [9.17, 15) is 18.0 Å². The minimum absolute atomic E-state index is 0.00613. The van der Waals surface area contributed by atoms with Crippen LogP contribution in [0.4, 0.5) is 18.9 Å². The third-order valence-corrected chi connectivity index (χ3v) is 4.52. The summed E-state index contributed by atoms with van der Waals surface area (Å²) in [6, 6.07) is 6.75. The molecule has 0 fully saturated rings. The highest BCUT2D eigenvalue weighted by atomic mass is 19.4. The van der Waals surface area contributed by atoms with E-state index in [2.05, 4.69) is 5.32 Å². The molecule has 2 aromatic rings. The molecule has 0 spiro atoms. The van der Waals surface area contributed by atoms with Crippen molar-refractivity contribution in [3.8, 4) is 17.2 Å². The molecule has 5 nitrogen and oxygen atoms in total. The van der Waals surface area contributed by atoms with E-state index < -0.39 is 23.6 Å². The van der Waals surface area contributed by atoms with Crippen molar-refractivity contribution in [3.05, 3.63) is 47.0 Å². The Morgan fingerprint density at radius 1 is 1.04 bits per heavy atom. The molecule has 8 heteroatoms. The average molecular weight is 381 g/mol. The molecule has 0 unspecified atom stereocenters. The van der Waals surface area contributed by atoms with Crippen molar-refractivity contribution in [2.75, 3.05) is 26.6 Å². The maximum absolute atomic E-state index is 13.5. The van der Waals surface area contributed by atoms with Crippen LogP contribution in [0.2, 0.25) is 0 Å². The van der Waals surface area contributed by atoms with Gasteiger partial charge in [-0.05, 0) is 11.6 Å². The first-order valence-electron chi connectivity index (χ1n) is 8.10. The van der Waals surface area contributed by atoms with Crippen molar-refractivity contribution in [1.82, 2.24) is 0 Å². The second-order valence-electron chi connectivity index (χ2n) is 6.00. The number of nitrogens with one attached hydrogen (secondary N) is 1. The SMILES string of the molecule is COc1cc2c(c(OC)c1OC)[C@H](c1ccccc1C(F)(F)F)CC(=O)N2. The second kappa shape index (κ2) is 7.02. The molecule has 0 bridgehead atoms. The van der Waals surface area contributed by atoms with E-state index in [4.69, 9.17) is 14.2 Å². The molecule has 0 saturated carbocycles. The van der Waals surface area contributed by atoms with Crippen LogP contribution < -0.4 is 19.5 Å². The Morgan fingerprint density at radius 2 is 1.70 bits per heavy atom. The van der Waals surface area contributed by atoms with E-state index in [1.807, 2.05) is 0 Å². The number of carbonyl (C=O) groups is 1. The number of carbonyl (C=O) groups excluding carboxylic acids is 1. The predicted octanol–water partition coefficient (Wildman–Crippen LogP) is 4.21. The van der Waals surface area contributed by atoms with Crippen LogP contribution in [0.15, 0.2) is 30.3 Å². The fourth-order valence-corrected chi connectivity index (χ4v) is 3.44. The highest BCUT2D eigenvalue weighted by molar-refractivity contribution is 5.97. The second-order valence-corrected chi connectivity index (χ2v) is 6.00. The first kappa shape index (κ1) is 18.9. The summed E-state index contributed by atoms with van der Waals surface area (Å²) >= 11 is 0. The molecule has 0 aromatic heterocycles. The summed E-state index contributed by atoms with van der Waals surface area (Å²) in [6.45, 7) is 0. The monoisotopic (exact) mass is 381 g/mol. The molecule has 1 N–H and O–H groups in total. The summed E-state index contributed by atoms with van der Waals surface area (Å²) in [6.07, 6.45) is -4.69. The summed E-state index contributed by atoms with van der Waals surface area (Å²) < 4.78 is 56.7. The molecule has 144 valence electrons. The lowest BCUT2D eigenvalue weighted by molar-refractivity contribution is -0.138. The molecule has 0 radical (unpaired) electrons. The highest BCUT2D eigenvalue weighted by Gasteiger charge is 2.39. The zero-order chi connectivity index (χ0) is 19.8. The van der Waals surface area contributed by atoms with Gasteiger partial charge in [-0.2, -0.15) is 13.2 Å². The van der Waals surface area contributed by atoms with Crippen molar-refractivity contribution < 1.29 is 32.2 Å². The van der Waals surface area contributed by atoms with Gasteiger partial charge in [0.2, 0.25) is 11.7 Å². The first-order valence-corrected chi connectivity index (χ1v) is 8.10. The lowest BCUT2D eigenvalue weighted by atomic mass is 9.81. The van der Waals surface area contributed by atoms with Crippen molar-refractivity contribution >= 4 is 11.6 Å². The Morgan fingerprint density at radius 3 is 2.30 bits per heavy atom. The smallest absolute Gasteiger partial charge is 0.416 e. The Hall–Kier alpha value is -2.90. The lowest BCUT2D eigenvalue weighted by Crippen LogP contribution is -2.26. The van der Waals surface area contributed by atoms with Crippen LogP contribution in [-0.4, -0.2) is 27.2 Å². The van der Waals surface area contributed by atoms with E-state index >= 15 is 0 Å². The Bertz CT molecular complexity index is 880. The number of amides is 1. The maximum atomic E-state index is 13.5. The number of ether oxygens (including phenoxy) is 3. The number of halogens is 3. The summed E-state index contributed by atoms with van der Waals surface area (Å²) in [5, 5.41) is 2.68. The summed E-state index contributed by atoms with van der Waals surface area (Å²) in [7, 11) is 4.22. The first-order chi connectivity index (χ1) is 12.8. The molecular formula is C19H18F3NO4. The molecule has 0 aliphatic carbocycles. The van der Waals surface area contributed by atoms with Crippen molar-refractivity contribution in [2.24, 2.45) is 0 Å². The van der Waals surface area contributed by atoms with Gasteiger partial charge in [0, 0.05) is 24.0 Å². The Kier molecular flexibility index (Phi) is 4.91. The van der Waals surface area contributed by atoms with Gasteiger partial charge in [0.25, 0.3) is 0 Å². The number of benzene rings is 2. The van der Waals surface area contributed by atoms with Gasteiger partial charge in [-0.25, -0.2) is 0 Å². The molecule has 27 heavy (non-hydrogen) atoms. The third kappa shape index (κ3) is 3.27. The summed E-state index contributed by atoms with van der Waals surface area (Å²) in [5.41, 5.74) is -0.0201. The van der Waals surface area contributed by atoms with Gasteiger partial charge in [-0.15, -0.1) is 0 Å². The van der Waals surface area contributed by atoms with Crippen LogP contribution in [-0.2, 0) is 11.0 Å². The number of anilines is 1. The molecule has 1 amide bonds. The predicted molar refractivity (Wildman–Crippen MR) is 92.6 cm³/mol. The van der Waals surface area contributed by atoms with E-state index in [0.717, 1.165) is 6.07 Å². The molecule has 3 rings (SSSR count). The van der Waals surface area contributed by atoms with E-state index in [-0.39, 0.29) is 23.5 Å². The van der Waals surface area contributed by atoms with Gasteiger partial charge in [0.05, 0.1) is 32.6 Å². The quantitative estimate of drug-likeness (QED) is 0.862. The van der Waals surface area contributed by atoms with E-state index in [0.29, 0.717) is 17.0 Å². The molecule has 1 heterocycles. The zero-order valence-electron chi connectivity index (χ0n) is 14.9. The average Bonchev–Trinajstić information content (AvgIpc) is 2.64. The minimum atomic E-state index is -4.55. The number of hydrogen-bond donors (Lipinski definition) is 1. The Balaban J connectivity index is 2.30. The molecule has 1 aliphatic heterocycles. The van der Waals surface area contributed by atoms with Crippen LogP contribution in [0.1, 0.15) is 29.0 Å². The van der Waals surface area contributed by atoms with Gasteiger partial charge >= 0.3 is 6.18 Å². The van der Waals surface area contributed by atoms with Crippen LogP contribution in [0.25, 0.3) is 0 Å². The maximum Gasteiger partial charge on any atom is 0.416 e. The summed E-state index contributed by atoms with van der Waals surface area (Å²) in [5.74, 6) is -0.448. The number of rotatable bonds is 4. The number of methoxy groups -OCH3 is 3. The van der Waals surface area contributed by atoms with E-state index in [1.165, 1.54) is 45.6 Å². The standard InChI is InChI=1S/C19H18F3NO4/c1-25-14-9-13-16(18(27-3)17(14)26-2)11(8-15(24)23-13)10-6-4-5-7-12(10)19(20,21)22/h4-7,9,11H,8H2,1-3H3,(H,23,24)/t11-/m0/s1.